The van der Waals surface area contributed by atoms with Gasteiger partial charge in [-0.05, 0) is 55.0 Å². The Kier molecular flexibility index (Phi) is 8.76. The molecule has 0 fully saturated rings. The summed E-state index contributed by atoms with van der Waals surface area (Å²) in [5, 5.41) is 33.1. The van der Waals surface area contributed by atoms with Crippen LogP contribution in [0, 0.1) is 5.41 Å². The van der Waals surface area contributed by atoms with Crippen LogP contribution in [0.15, 0.2) is 54.9 Å². The number of nitrogens with two attached hydrogens (primary N) is 1. The van der Waals surface area contributed by atoms with Crippen molar-refractivity contribution in [3.05, 3.63) is 66.0 Å². The van der Waals surface area contributed by atoms with Crippen LogP contribution in [0.1, 0.15) is 37.3 Å². The molecular formula is C25H28N6O5. The van der Waals surface area contributed by atoms with Crippen LogP contribution < -0.4 is 21.1 Å². The summed E-state index contributed by atoms with van der Waals surface area (Å²) < 4.78 is 5.75. The van der Waals surface area contributed by atoms with Gasteiger partial charge in [0.1, 0.15) is 35.2 Å². The summed E-state index contributed by atoms with van der Waals surface area (Å²) in [6, 6.07) is 12.6. The Morgan fingerprint density at radius 3 is 2.33 bits per heavy atom. The number of ether oxygens (including phenoxy) is 1. The zero-order chi connectivity index (χ0) is 26.1. The first-order valence-corrected chi connectivity index (χ1v) is 11.3. The lowest BCUT2D eigenvalue weighted by Gasteiger charge is -2.21. The molecule has 0 radical (unpaired) electrons. The molecule has 0 aliphatic rings. The number of benzene rings is 2. The maximum atomic E-state index is 11.7. The first-order valence-electron chi connectivity index (χ1n) is 11.3. The third-order valence-electron chi connectivity index (χ3n) is 5.26. The molecule has 1 amide bonds. The Balaban J connectivity index is 1.80. The average Bonchev–Trinajstić information content (AvgIpc) is 2.87. The molecule has 0 saturated heterocycles. The predicted octanol–water partition coefficient (Wildman–Crippen LogP) is 3.14. The molecule has 7 N–H and O–H groups in total. The van der Waals surface area contributed by atoms with E-state index in [-0.39, 0.29) is 54.0 Å². The van der Waals surface area contributed by atoms with Crippen molar-refractivity contribution in [2.45, 2.75) is 32.2 Å². The second-order valence-corrected chi connectivity index (χ2v) is 7.91. The number of nitrogen functional groups attached to an aromatic ring is 1. The van der Waals surface area contributed by atoms with Gasteiger partial charge >= 0.3 is 5.97 Å². The van der Waals surface area contributed by atoms with Crippen LogP contribution >= 0.6 is 0 Å². The largest absolute Gasteiger partial charge is 0.508 e. The van der Waals surface area contributed by atoms with Crippen LogP contribution in [0.5, 0.6) is 17.2 Å². The van der Waals surface area contributed by atoms with E-state index in [2.05, 4.69) is 20.6 Å². The molecule has 188 valence electrons. The van der Waals surface area contributed by atoms with Crippen molar-refractivity contribution in [2.24, 2.45) is 0 Å². The number of carboxylic acids is 1. The molecule has 3 rings (SSSR count). The van der Waals surface area contributed by atoms with E-state index in [1.165, 1.54) is 18.5 Å². The van der Waals surface area contributed by atoms with Crippen molar-refractivity contribution < 1.29 is 24.5 Å². The van der Waals surface area contributed by atoms with E-state index in [9.17, 15) is 14.7 Å². The molecule has 11 heteroatoms. The number of amides is 1. The van der Waals surface area contributed by atoms with Gasteiger partial charge in [-0.15, -0.1) is 0 Å². The van der Waals surface area contributed by atoms with Gasteiger partial charge in [-0.3, -0.25) is 15.0 Å². The molecule has 1 aromatic heterocycles. The van der Waals surface area contributed by atoms with Gasteiger partial charge in [-0.1, -0.05) is 6.92 Å². The van der Waals surface area contributed by atoms with Gasteiger partial charge in [0.2, 0.25) is 5.91 Å². The second kappa shape index (κ2) is 12.2. The summed E-state index contributed by atoms with van der Waals surface area (Å²) in [5.74, 6) is 0.430. The number of anilines is 2. The molecule has 0 bridgehead atoms. The standard InChI is InChI=1S/C25H28N6O5/c1-2-20(33)28-13-16(5-12-21(34)35)31-25-22(24(27)29-14-30-25)23(26)15-3-8-18(9-4-15)36-19-10-6-17(32)7-11-19/h3-4,6-11,14,16,26,32H,2,5,12-13H2,1H3,(H,28,33)(H,34,35)(H3,27,29,30,31). The van der Waals surface area contributed by atoms with Crippen molar-refractivity contribution >= 4 is 29.2 Å². The van der Waals surface area contributed by atoms with E-state index in [0.29, 0.717) is 23.5 Å². The molecule has 1 heterocycles. The van der Waals surface area contributed by atoms with Gasteiger partial charge in [0.25, 0.3) is 0 Å². The minimum absolute atomic E-state index is 0.0568. The molecule has 1 atom stereocenters. The number of rotatable bonds is 12. The number of phenols is 1. The number of phenolic OH excluding ortho intramolecular Hbond substituents is 1. The molecule has 2 aromatic carbocycles. The molecule has 36 heavy (non-hydrogen) atoms. The summed E-state index contributed by atoms with van der Waals surface area (Å²) in [4.78, 5) is 31.1. The number of aromatic hydroxyl groups is 1. The monoisotopic (exact) mass is 492 g/mol. The van der Waals surface area contributed by atoms with Gasteiger partial charge in [0.05, 0.1) is 11.3 Å². The predicted molar refractivity (Wildman–Crippen MR) is 135 cm³/mol. The highest BCUT2D eigenvalue weighted by Gasteiger charge is 2.20. The lowest BCUT2D eigenvalue weighted by Crippen LogP contribution is -2.37. The fraction of sp³-hybridized carbons (Fsp3) is 0.240. The summed E-state index contributed by atoms with van der Waals surface area (Å²) in [6.07, 6.45) is 1.66. The highest BCUT2D eigenvalue weighted by atomic mass is 16.5. The van der Waals surface area contributed by atoms with Crippen molar-refractivity contribution in [1.82, 2.24) is 15.3 Å². The molecular weight excluding hydrogens is 464 g/mol. The van der Waals surface area contributed by atoms with Gasteiger partial charge in [0, 0.05) is 31.0 Å². The Hall–Kier alpha value is -4.67. The lowest BCUT2D eigenvalue weighted by molar-refractivity contribution is -0.137. The van der Waals surface area contributed by atoms with Crippen LogP contribution in [0.4, 0.5) is 11.6 Å². The molecule has 0 spiro atoms. The molecule has 0 saturated carbocycles. The number of carbonyl (C=O) groups is 2. The molecule has 3 aromatic rings. The van der Waals surface area contributed by atoms with Gasteiger partial charge in [-0.2, -0.15) is 0 Å². The number of carbonyl (C=O) groups excluding carboxylic acids is 1. The van der Waals surface area contributed by atoms with Gasteiger partial charge < -0.3 is 31.3 Å². The zero-order valence-corrected chi connectivity index (χ0v) is 19.7. The molecule has 0 aliphatic carbocycles. The van der Waals surface area contributed by atoms with Crippen molar-refractivity contribution in [3.8, 4) is 17.2 Å². The second-order valence-electron chi connectivity index (χ2n) is 7.91. The van der Waals surface area contributed by atoms with Gasteiger partial charge in [-0.25, -0.2) is 9.97 Å². The maximum Gasteiger partial charge on any atom is 0.303 e. The summed E-state index contributed by atoms with van der Waals surface area (Å²) in [5.41, 5.74) is 6.94. The Labute approximate surface area is 207 Å². The minimum Gasteiger partial charge on any atom is -0.508 e. The van der Waals surface area contributed by atoms with E-state index < -0.39 is 12.0 Å². The normalized spacial score (nSPS) is 11.4. The van der Waals surface area contributed by atoms with Crippen LogP contribution in [0.3, 0.4) is 0 Å². The van der Waals surface area contributed by atoms with E-state index in [1.807, 2.05) is 0 Å². The van der Waals surface area contributed by atoms with Crippen molar-refractivity contribution in [1.29, 1.82) is 5.41 Å². The van der Waals surface area contributed by atoms with Crippen LogP contribution in [-0.4, -0.2) is 50.4 Å². The van der Waals surface area contributed by atoms with Crippen molar-refractivity contribution in [3.63, 3.8) is 0 Å². The fourth-order valence-electron chi connectivity index (χ4n) is 3.32. The summed E-state index contributed by atoms with van der Waals surface area (Å²) in [7, 11) is 0. The van der Waals surface area contributed by atoms with E-state index in [1.54, 1.807) is 43.3 Å². The van der Waals surface area contributed by atoms with Crippen LogP contribution in [0.2, 0.25) is 0 Å². The Bertz CT molecular complexity index is 1210. The quantitative estimate of drug-likeness (QED) is 0.207. The third-order valence-corrected chi connectivity index (χ3v) is 5.26. The number of aliphatic carboxylic acids is 1. The lowest BCUT2D eigenvalue weighted by atomic mass is 10.0. The van der Waals surface area contributed by atoms with Crippen LogP contribution in [0.25, 0.3) is 0 Å². The number of nitrogens with one attached hydrogen (secondary N) is 3. The first-order chi connectivity index (χ1) is 17.3. The fourth-order valence-corrected chi connectivity index (χ4v) is 3.32. The smallest absolute Gasteiger partial charge is 0.303 e. The number of carboxylic acid groups (broad SMARTS) is 1. The topological polar surface area (TPSA) is 184 Å². The van der Waals surface area contributed by atoms with E-state index >= 15 is 0 Å². The summed E-state index contributed by atoms with van der Waals surface area (Å²) in [6.45, 7) is 1.90. The Morgan fingerprint density at radius 2 is 1.72 bits per heavy atom. The third kappa shape index (κ3) is 7.16. The number of nitrogens with zero attached hydrogens (tertiary/aromatic N) is 2. The minimum atomic E-state index is -0.964. The average molecular weight is 493 g/mol. The van der Waals surface area contributed by atoms with E-state index in [4.69, 9.17) is 21.0 Å². The number of aromatic nitrogens is 2. The van der Waals surface area contributed by atoms with E-state index in [0.717, 1.165) is 0 Å². The summed E-state index contributed by atoms with van der Waals surface area (Å²) >= 11 is 0. The van der Waals surface area contributed by atoms with Gasteiger partial charge in [0.15, 0.2) is 0 Å². The molecule has 11 nitrogen and oxygen atoms in total. The molecule has 0 aliphatic heterocycles. The highest BCUT2D eigenvalue weighted by Crippen LogP contribution is 2.26. The Morgan fingerprint density at radius 1 is 1.08 bits per heavy atom. The van der Waals surface area contributed by atoms with Crippen LogP contribution in [-0.2, 0) is 9.59 Å². The number of hydrogen-bond acceptors (Lipinski definition) is 9. The zero-order valence-electron chi connectivity index (χ0n) is 19.7. The first kappa shape index (κ1) is 25.9. The SMILES string of the molecule is CCC(=O)NCC(CCC(=O)O)Nc1ncnc(N)c1C(=N)c1ccc(Oc2ccc(O)cc2)cc1. The maximum absolute atomic E-state index is 11.7. The highest BCUT2D eigenvalue weighted by molar-refractivity contribution is 6.16. The molecule has 1 unspecified atom stereocenters. The van der Waals surface area contributed by atoms with Crippen molar-refractivity contribution in [2.75, 3.05) is 17.6 Å². The number of hydrogen-bond donors (Lipinski definition) is 6.